The van der Waals surface area contributed by atoms with Gasteiger partial charge in [0.25, 0.3) is 5.22 Å². The first-order valence-corrected chi connectivity index (χ1v) is 9.56. The van der Waals surface area contributed by atoms with E-state index in [-0.39, 0.29) is 11.7 Å². The zero-order valence-corrected chi connectivity index (χ0v) is 15.8. The van der Waals surface area contributed by atoms with Crippen LogP contribution in [-0.4, -0.2) is 33.3 Å². The predicted molar refractivity (Wildman–Crippen MR) is 103 cm³/mol. The van der Waals surface area contributed by atoms with E-state index in [1.807, 2.05) is 49.4 Å². The van der Waals surface area contributed by atoms with Gasteiger partial charge < -0.3 is 9.32 Å². The molecule has 1 heterocycles. The van der Waals surface area contributed by atoms with E-state index in [2.05, 4.69) is 10.2 Å². The van der Waals surface area contributed by atoms with Crippen LogP contribution >= 0.6 is 23.4 Å². The molecule has 134 valence electrons. The Hall–Kier alpha value is -2.31. The van der Waals surface area contributed by atoms with E-state index in [0.29, 0.717) is 29.2 Å². The number of amides is 1. The van der Waals surface area contributed by atoms with E-state index in [4.69, 9.17) is 16.0 Å². The second kappa shape index (κ2) is 8.87. The highest BCUT2D eigenvalue weighted by Gasteiger charge is 2.15. The first-order valence-electron chi connectivity index (χ1n) is 8.19. The van der Waals surface area contributed by atoms with Crippen LogP contribution in [0.1, 0.15) is 12.5 Å². The molecule has 0 N–H and O–H groups in total. The number of aromatic nitrogens is 2. The van der Waals surface area contributed by atoms with E-state index in [1.54, 1.807) is 17.0 Å². The SMILES string of the molecule is CCN(Cc1ccccc1)C(=O)CSc1nnc(-c2ccc(Cl)cc2)o1. The minimum absolute atomic E-state index is 0.0348. The largest absolute Gasteiger partial charge is 0.411 e. The number of benzene rings is 2. The van der Waals surface area contributed by atoms with Crippen LogP contribution in [0, 0.1) is 0 Å². The van der Waals surface area contributed by atoms with Crippen molar-refractivity contribution in [3.05, 3.63) is 65.2 Å². The molecule has 0 atom stereocenters. The molecule has 5 nitrogen and oxygen atoms in total. The Labute approximate surface area is 161 Å². The molecular weight excluding hydrogens is 370 g/mol. The Kier molecular flexibility index (Phi) is 6.30. The van der Waals surface area contributed by atoms with Crippen molar-refractivity contribution >= 4 is 29.3 Å². The van der Waals surface area contributed by atoms with E-state index in [1.165, 1.54) is 11.8 Å². The maximum atomic E-state index is 12.5. The Morgan fingerprint density at radius 3 is 2.54 bits per heavy atom. The standard InChI is InChI=1S/C19H18ClN3O2S/c1-2-23(12-14-6-4-3-5-7-14)17(24)13-26-19-22-21-18(25-19)15-8-10-16(20)11-9-15/h3-11H,2,12-13H2,1H3. The highest BCUT2D eigenvalue weighted by Crippen LogP contribution is 2.24. The average molecular weight is 388 g/mol. The Morgan fingerprint density at radius 1 is 1.12 bits per heavy atom. The summed E-state index contributed by atoms with van der Waals surface area (Å²) >= 11 is 7.12. The second-order valence-electron chi connectivity index (χ2n) is 5.56. The quantitative estimate of drug-likeness (QED) is 0.557. The van der Waals surface area contributed by atoms with Crippen molar-refractivity contribution in [1.82, 2.24) is 15.1 Å². The summed E-state index contributed by atoms with van der Waals surface area (Å²) in [5, 5.41) is 9.04. The molecule has 2 aromatic carbocycles. The lowest BCUT2D eigenvalue weighted by atomic mass is 10.2. The third kappa shape index (κ3) is 4.86. The topological polar surface area (TPSA) is 59.2 Å². The number of hydrogen-bond donors (Lipinski definition) is 0. The van der Waals surface area contributed by atoms with Gasteiger partial charge in [0, 0.05) is 23.7 Å². The van der Waals surface area contributed by atoms with Crippen LogP contribution in [0.2, 0.25) is 5.02 Å². The van der Waals surface area contributed by atoms with E-state index in [9.17, 15) is 4.79 Å². The fourth-order valence-corrected chi connectivity index (χ4v) is 3.16. The van der Waals surface area contributed by atoms with Crippen molar-refractivity contribution in [2.45, 2.75) is 18.7 Å². The maximum Gasteiger partial charge on any atom is 0.277 e. The Morgan fingerprint density at radius 2 is 1.85 bits per heavy atom. The first kappa shape index (κ1) is 18.5. The lowest BCUT2D eigenvalue weighted by Gasteiger charge is -2.20. The Bertz CT molecular complexity index is 853. The van der Waals surface area contributed by atoms with Gasteiger partial charge in [-0.3, -0.25) is 4.79 Å². The van der Waals surface area contributed by atoms with Crippen LogP contribution in [0.5, 0.6) is 0 Å². The molecule has 0 fully saturated rings. The molecule has 26 heavy (non-hydrogen) atoms. The predicted octanol–water partition coefficient (Wildman–Crippen LogP) is 4.53. The molecule has 0 spiro atoms. The van der Waals surface area contributed by atoms with E-state index < -0.39 is 0 Å². The van der Waals surface area contributed by atoms with Gasteiger partial charge in [-0.1, -0.05) is 53.7 Å². The average Bonchev–Trinajstić information content (AvgIpc) is 3.14. The highest BCUT2D eigenvalue weighted by molar-refractivity contribution is 7.99. The number of rotatable bonds is 7. The minimum Gasteiger partial charge on any atom is -0.411 e. The molecule has 0 aliphatic carbocycles. The van der Waals surface area contributed by atoms with Crippen LogP contribution in [0.25, 0.3) is 11.5 Å². The van der Waals surface area contributed by atoms with Gasteiger partial charge >= 0.3 is 0 Å². The van der Waals surface area contributed by atoms with Gasteiger partial charge in [0.1, 0.15) is 0 Å². The lowest BCUT2D eigenvalue weighted by Crippen LogP contribution is -2.31. The van der Waals surface area contributed by atoms with Crippen molar-refractivity contribution in [3.63, 3.8) is 0 Å². The zero-order chi connectivity index (χ0) is 18.4. The van der Waals surface area contributed by atoms with Crippen LogP contribution in [-0.2, 0) is 11.3 Å². The summed E-state index contributed by atoms with van der Waals surface area (Å²) in [5.41, 5.74) is 1.90. The monoisotopic (exact) mass is 387 g/mol. The minimum atomic E-state index is 0.0348. The van der Waals surface area contributed by atoms with Gasteiger partial charge in [0.05, 0.1) is 5.75 Å². The molecule has 0 radical (unpaired) electrons. The van der Waals surface area contributed by atoms with Gasteiger partial charge in [0.15, 0.2) is 0 Å². The van der Waals surface area contributed by atoms with Gasteiger partial charge in [-0.05, 0) is 36.8 Å². The van der Waals surface area contributed by atoms with E-state index in [0.717, 1.165) is 11.1 Å². The van der Waals surface area contributed by atoms with Gasteiger partial charge in [-0.25, -0.2) is 0 Å². The fourth-order valence-electron chi connectivity index (χ4n) is 2.37. The molecule has 3 rings (SSSR count). The van der Waals surface area contributed by atoms with Gasteiger partial charge in [0.2, 0.25) is 11.8 Å². The normalized spacial score (nSPS) is 10.7. The molecule has 0 aliphatic rings. The molecule has 0 unspecified atom stereocenters. The number of nitrogens with zero attached hydrogens (tertiary/aromatic N) is 3. The van der Waals surface area contributed by atoms with Crippen LogP contribution in [0.4, 0.5) is 0 Å². The maximum absolute atomic E-state index is 12.5. The smallest absolute Gasteiger partial charge is 0.277 e. The van der Waals surface area contributed by atoms with Crippen LogP contribution in [0.15, 0.2) is 64.2 Å². The van der Waals surface area contributed by atoms with E-state index >= 15 is 0 Å². The summed E-state index contributed by atoms with van der Waals surface area (Å²) < 4.78 is 5.62. The summed E-state index contributed by atoms with van der Waals surface area (Å²) in [5.74, 6) is 0.698. The van der Waals surface area contributed by atoms with Crippen LogP contribution < -0.4 is 0 Å². The fraction of sp³-hybridized carbons (Fsp3) is 0.211. The molecule has 1 aromatic heterocycles. The summed E-state index contributed by atoms with van der Waals surface area (Å²) in [7, 11) is 0. The number of carbonyl (C=O) groups is 1. The highest BCUT2D eigenvalue weighted by atomic mass is 35.5. The van der Waals surface area contributed by atoms with Gasteiger partial charge in [-0.15, -0.1) is 10.2 Å². The molecule has 3 aromatic rings. The van der Waals surface area contributed by atoms with Crippen molar-refractivity contribution in [1.29, 1.82) is 0 Å². The summed E-state index contributed by atoms with van der Waals surface area (Å²) in [4.78, 5) is 14.3. The molecule has 7 heteroatoms. The van der Waals surface area contributed by atoms with Crippen LogP contribution in [0.3, 0.4) is 0 Å². The van der Waals surface area contributed by atoms with Crippen molar-refractivity contribution in [3.8, 4) is 11.5 Å². The lowest BCUT2D eigenvalue weighted by molar-refractivity contribution is -0.128. The third-order valence-corrected chi connectivity index (χ3v) is 4.82. The van der Waals surface area contributed by atoms with Crippen molar-refractivity contribution < 1.29 is 9.21 Å². The molecule has 0 bridgehead atoms. The number of hydrogen-bond acceptors (Lipinski definition) is 5. The van der Waals surface area contributed by atoms with Gasteiger partial charge in [-0.2, -0.15) is 0 Å². The summed E-state index contributed by atoms with van der Waals surface area (Å²) in [6.07, 6.45) is 0. The summed E-state index contributed by atoms with van der Waals surface area (Å²) in [6.45, 7) is 3.21. The number of halogens is 1. The first-order chi connectivity index (χ1) is 12.7. The molecule has 0 saturated carbocycles. The second-order valence-corrected chi connectivity index (χ2v) is 6.93. The molecule has 0 saturated heterocycles. The molecule has 0 aliphatic heterocycles. The van der Waals surface area contributed by atoms with Crippen molar-refractivity contribution in [2.75, 3.05) is 12.3 Å². The van der Waals surface area contributed by atoms with Crippen molar-refractivity contribution in [2.24, 2.45) is 0 Å². The number of carbonyl (C=O) groups excluding carboxylic acids is 1. The zero-order valence-electron chi connectivity index (χ0n) is 14.3. The summed E-state index contributed by atoms with van der Waals surface area (Å²) in [6, 6.07) is 17.1. The molecular formula is C19H18ClN3O2S. The number of thioether (sulfide) groups is 1. The Balaban J connectivity index is 1.57. The third-order valence-electron chi connectivity index (χ3n) is 3.77. The molecule has 1 amide bonds.